The summed E-state index contributed by atoms with van der Waals surface area (Å²) in [6, 6.07) is 18.5. The summed E-state index contributed by atoms with van der Waals surface area (Å²) in [4.78, 5) is 16.6. The van der Waals surface area contributed by atoms with Crippen LogP contribution in [0.2, 0.25) is 0 Å². The quantitative estimate of drug-likeness (QED) is 0.0383. The van der Waals surface area contributed by atoms with Crippen LogP contribution < -0.4 is 26.4 Å². The van der Waals surface area contributed by atoms with Crippen LogP contribution >= 0.6 is 0 Å². The van der Waals surface area contributed by atoms with Gasteiger partial charge in [-0.05, 0) is 12.1 Å². The smallest absolute Gasteiger partial charge is 0.227 e. The van der Waals surface area contributed by atoms with Crippen molar-refractivity contribution in [2.45, 2.75) is 6.54 Å². The zero-order valence-electron chi connectivity index (χ0n) is 32.5. The van der Waals surface area contributed by atoms with Crippen molar-refractivity contribution in [3.63, 3.8) is 0 Å². The van der Waals surface area contributed by atoms with E-state index in [9.17, 15) is 57.5 Å². The van der Waals surface area contributed by atoms with Crippen LogP contribution in [0.15, 0.2) is 73.2 Å². The number of aromatic nitrogens is 2. The molecule has 0 bridgehead atoms. The summed E-state index contributed by atoms with van der Waals surface area (Å²) in [6.45, 7) is 0.260. The van der Waals surface area contributed by atoms with Crippen LogP contribution in [0.1, 0.15) is 15.9 Å². The molecule has 68 heavy (non-hydrogen) atoms. The number of halogens is 20. The first kappa shape index (κ1) is 49.7. The van der Waals surface area contributed by atoms with Gasteiger partial charge in [-0.3, -0.25) is 4.79 Å². The van der Waals surface area contributed by atoms with Gasteiger partial charge < -0.3 is 0 Å². The number of hydrogen-bond donors (Lipinski definition) is 0. The van der Waals surface area contributed by atoms with Crippen molar-refractivity contribution in [2.24, 2.45) is 0 Å². The molecule has 0 saturated heterocycles. The Kier molecular flexibility index (Phi) is 13.8. The lowest BCUT2D eigenvalue weighted by atomic mass is 9.12. The molecule has 7 rings (SSSR count). The van der Waals surface area contributed by atoms with Crippen molar-refractivity contribution < 1.29 is 97.2 Å². The Morgan fingerprint density at radius 2 is 0.765 bits per heavy atom. The highest BCUT2D eigenvalue weighted by atomic mass is 19.2. The molecule has 0 aliphatic carbocycles. The molecule has 4 nitrogen and oxygen atoms in total. The van der Waals surface area contributed by atoms with Crippen molar-refractivity contribution in [3.8, 4) is 17.3 Å². The van der Waals surface area contributed by atoms with Gasteiger partial charge in [-0.2, -0.15) is 9.83 Å². The molecule has 0 unspecified atom stereocenters. The molecule has 350 valence electrons. The molecule has 25 heteroatoms. The predicted molar refractivity (Wildman–Crippen MR) is 195 cm³/mol. The third-order valence-electron chi connectivity index (χ3n) is 10.2. The summed E-state index contributed by atoms with van der Waals surface area (Å²) in [7, 11) is 0. The Morgan fingerprint density at radius 1 is 0.456 bits per heavy atom. The second-order valence-corrected chi connectivity index (χ2v) is 13.9. The number of carbonyl (C=O) groups is 1. The van der Waals surface area contributed by atoms with Crippen molar-refractivity contribution in [2.75, 3.05) is 0 Å². The number of benzene rings is 6. The zero-order valence-corrected chi connectivity index (χ0v) is 32.5. The number of nitrogens with zero attached hydrogens (tertiary/aromatic N) is 3. The maximum atomic E-state index is 15.4. The summed E-state index contributed by atoms with van der Waals surface area (Å²) < 4.78 is 296. The van der Waals surface area contributed by atoms with E-state index in [1.165, 1.54) is 0 Å². The molecule has 0 spiro atoms. The average molecular weight is 979 g/mol. The number of Topliss-reactive ketones (excluding diaryl/α,β-unsaturated/α-hetero) is 1. The van der Waals surface area contributed by atoms with Gasteiger partial charge in [0.1, 0.15) is 58.4 Å². The van der Waals surface area contributed by atoms with Crippen LogP contribution in [0.4, 0.5) is 87.8 Å². The number of rotatable bonds is 8. The van der Waals surface area contributed by atoms with Gasteiger partial charge in [-0.1, -0.05) is 42.5 Å². The van der Waals surface area contributed by atoms with Gasteiger partial charge in [0, 0.05) is 11.1 Å². The van der Waals surface area contributed by atoms with Gasteiger partial charge in [0.05, 0.1) is 17.8 Å². The molecule has 0 aliphatic rings. The zero-order chi connectivity index (χ0) is 50.4. The SMILES string of the molecule is Fc1c(F)c(F)c([B-](c2c(F)c(F)c(F)c(F)c2F)(c2c(F)c(F)c(F)c(F)c2F)c2c(F)c(F)c(F)c(F)c2F)c(F)c1F.N#Cc1ccc(-c2c[n+](CC(=O)c3ccccc3)ccn2)cc1. The summed E-state index contributed by atoms with van der Waals surface area (Å²) in [5.41, 5.74) is -11.4. The summed E-state index contributed by atoms with van der Waals surface area (Å²) >= 11 is 0. The first-order valence-electron chi connectivity index (χ1n) is 18.1. The monoisotopic (exact) mass is 979 g/mol. The van der Waals surface area contributed by atoms with Crippen LogP contribution in [0.5, 0.6) is 0 Å². The van der Waals surface area contributed by atoms with Gasteiger partial charge in [0.2, 0.25) is 12.3 Å². The largest absolute Gasteiger partial charge is 0.287 e. The van der Waals surface area contributed by atoms with E-state index in [2.05, 4.69) is 11.1 Å². The fourth-order valence-electron chi connectivity index (χ4n) is 7.15. The van der Waals surface area contributed by atoms with E-state index in [4.69, 9.17) is 5.26 Å². The lowest BCUT2D eigenvalue weighted by molar-refractivity contribution is -0.683. The summed E-state index contributed by atoms with van der Waals surface area (Å²) in [6.07, 6.45) is -1.94. The molecule has 6 aromatic carbocycles. The molecule has 1 aromatic heterocycles. The highest BCUT2D eigenvalue weighted by molar-refractivity contribution is 7.20. The Morgan fingerprint density at radius 3 is 1.07 bits per heavy atom. The molecule has 0 atom stereocenters. The maximum Gasteiger partial charge on any atom is 0.227 e. The third kappa shape index (κ3) is 8.02. The Balaban J connectivity index is 0.000000276. The van der Waals surface area contributed by atoms with Crippen LogP contribution in [-0.2, 0) is 6.54 Å². The average Bonchev–Trinajstić information content (AvgIpc) is 3.34. The Labute approximate surface area is 365 Å². The number of carbonyl (C=O) groups excluding carboxylic acids is 1. The molecular weight excluding hydrogens is 965 g/mol. The molecule has 0 N–H and O–H groups in total. The molecule has 1 heterocycles. The Hall–Kier alpha value is -7.78. The standard InChI is InChI=1S/C24BF20.C19H14N3O/c26-5-1(6(27)14(35)21(42)13(5)34)25(2-7(28)15(36)22(43)16(37)8(2)29,3-9(30)17(38)23(44)18(39)10(3)31)4-11(32)19(40)24(45)20(41)12(4)33;20-12-15-6-8-16(9-7-15)18-13-22(11-10-21-18)14-19(23)17-4-2-1-3-5-17/h;1-11,13H,14H2/q-1;+1. The van der Waals surface area contributed by atoms with E-state index in [0.717, 1.165) is 11.3 Å². The molecule has 0 amide bonds. The first-order chi connectivity index (χ1) is 32.0. The van der Waals surface area contributed by atoms with Crippen molar-refractivity contribution in [1.29, 1.82) is 5.26 Å². The van der Waals surface area contributed by atoms with E-state index in [1.807, 2.05) is 53.2 Å². The summed E-state index contributed by atoms with van der Waals surface area (Å²) in [5, 5.41) is 8.84. The topological polar surface area (TPSA) is 57.6 Å². The van der Waals surface area contributed by atoms with Crippen LogP contribution in [-0.4, -0.2) is 16.9 Å². The minimum absolute atomic E-state index is 0.0487. The second kappa shape index (κ2) is 18.8. The first-order valence-corrected chi connectivity index (χ1v) is 18.1. The number of nitriles is 1. The minimum Gasteiger partial charge on any atom is -0.287 e. The highest BCUT2D eigenvalue weighted by Gasteiger charge is 2.52. The molecule has 0 saturated carbocycles. The van der Waals surface area contributed by atoms with Crippen molar-refractivity contribution in [3.05, 3.63) is 201 Å². The fourth-order valence-corrected chi connectivity index (χ4v) is 7.15. The van der Waals surface area contributed by atoms with Gasteiger partial charge in [-0.15, -0.1) is 21.9 Å². The van der Waals surface area contributed by atoms with Gasteiger partial charge in [-0.25, -0.2) is 92.8 Å². The maximum absolute atomic E-state index is 15.4. The Bertz CT molecular complexity index is 2860. The fraction of sp³-hybridized carbons (Fsp3) is 0.0233. The number of ketones is 1. The van der Waals surface area contributed by atoms with Gasteiger partial charge in [0.25, 0.3) is 0 Å². The van der Waals surface area contributed by atoms with E-state index >= 15 is 35.1 Å². The molecule has 0 radical (unpaired) electrons. The van der Waals surface area contributed by atoms with E-state index in [-0.39, 0.29) is 12.3 Å². The summed E-state index contributed by atoms with van der Waals surface area (Å²) in [5.74, 6) is -71.4. The number of hydrogen-bond acceptors (Lipinski definition) is 3. The van der Waals surface area contributed by atoms with Crippen LogP contribution in [0.25, 0.3) is 11.3 Å². The third-order valence-corrected chi connectivity index (χ3v) is 10.2. The molecule has 7 aromatic rings. The molecular formula is C43H14BF20N3O. The minimum atomic E-state index is -7.22. The van der Waals surface area contributed by atoms with E-state index in [1.54, 1.807) is 24.5 Å². The normalized spacial score (nSPS) is 11.3. The van der Waals surface area contributed by atoms with Gasteiger partial charge >= 0.3 is 0 Å². The highest BCUT2D eigenvalue weighted by Crippen LogP contribution is 2.31. The van der Waals surface area contributed by atoms with Crippen molar-refractivity contribution >= 4 is 33.8 Å². The lowest BCUT2D eigenvalue weighted by Gasteiger charge is -2.44. The van der Waals surface area contributed by atoms with Crippen molar-refractivity contribution in [1.82, 2.24) is 4.98 Å². The second-order valence-electron chi connectivity index (χ2n) is 13.9. The predicted octanol–water partition coefficient (Wildman–Crippen LogP) is 8.64. The lowest BCUT2D eigenvalue weighted by Crippen LogP contribution is -2.81. The molecule has 0 aliphatic heterocycles. The van der Waals surface area contributed by atoms with Crippen LogP contribution in [0.3, 0.4) is 0 Å². The van der Waals surface area contributed by atoms with Crippen LogP contribution in [0, 0.1) is 128 Å². The molecule has 0 fully saturated rings. The van der Waals surface area contributed by atoms with E-state index in [0.29, 0.717) is 11.1 Å². The van der Waals surface area contributed by atoms with E-state index < -0.39 is 144 Å². The van der Waals surface area contributed by atoms with Gasteiger partial charge in [0.15, 0.2) is 82.2 Å².